The molecular weight excluding hydrogens is 281 g/mol. The fraction of sp³-hybridized carbons (Fsp3) is 0.133. The molecule has 0 radical (unpaired) electrons. The topological polar surface area (TPSA) is 45.0 Å². The van der Waals surface area contributed by atoms with Crippen molar-refractivity contribution < 1.29 is 17.9 Å². The van der Waals surface area contributed by atoms with Gasteiger partial charge in [-0.05, 0) is 30.3 Å². The second-order valence-corrected chi connectivity index (χ2v) is 4.23. The summed E-state index contributed by atoms with van der Waals surface area (Å²) in [6.07, 6.45) is -4.41. The first-order valence-electron chi connectivity index (χ1n) is 5.96. The molecule has 0 bridgehead atoms. The lowest BCUT2D eigenvalue weighted by Gasteiger charge is -2.12. The molecule has 0 aromatic heterocycles. The molecule has 0 aliphatic heterocycles. The Morgan fingerprint density at radius 2 is 1.90 bits per heavy atom. The summed E-state index contributed by atoms with van der Waals surface area (Å²) in [6, 6.07) is 11.4. The van der Waals surface area contributed by atoms with Crippen LogP contribution in [0.2, 0.25) is 0 Å². The lowest BCUT2D eigenvalue weighted by Crippen LogP contribution is -2.05. The Hall–Kier alpha value is -2.68. The number of anilines is 2. The highest BCUT2D eigenvalue weighted by Crippen LogP contribution is 2.32. The SMILES string of the molecule is COc1ccc(C#N)c(Nc2cccc(C(F)(F)F)c2)c1. The van der Waals surface area contributed by atoms with Crippen LogP contribution in [0.1, 0.15) is 11.1 Å². The summed E-state index contributed by atoms with van der Waals surface area (Å²) in [5.74, 6) is 0.503. The molecule has 0 saturated heterocycles. The van der Waals surface area contributed by atoms with E-state index < -0.39 is 11.7 Å². The van der Waals surface area contributed by atoms with Crippen molar-refractivity contribution in [3.05, 3.63) is 53.6 Å². The monoisotopic (exact) mass is 292 g/mol. The molecule has 108 valence electrons. The third kappa shape index (κ3) is 3.45. The molecule has 2 aromatic rings. The van der Waals surface area contributed by atoms with Crippen LogP contribution in [0.4, 0.5) is 24.5 Å². The van der Waals surface area contributed by atoms with Gasteiger partial charge in [-0.3, -0.25) is 0 Å². The summed E-state index contributed by atoms with van der Waals surface area (Å²) in [7, 11) is 1.47. The van der Waals surface area contributed by atoms with Crippen molar-refractivity contribution in [1.82, 2.24) is 0 Å². The average Bonchev–Trinajstić information content (AvgIpc) is 2.46. The molecule has 0 fully saturated rings. The van der Waals surface area contributed by atoms with Crippen LogP contribution in [0.5, 0.6) is 5.75 Å². The highest BCUT2D eigenvalue weighted by Gasteiger charge is 2.30. The third-order valence-corrected chi connectivity index (χ3v) is 2.82. The smallest absolute Gasteiger partial charge is 0.416 e. The summed E-state index contributed by atoms with van der Waals surface area (Å²) < 4.78 is 43.1. The molecule has 0 amide bonds. The number of nitriles is 1. The zero-order chi connectivity index (χ0) is 15.5. The number of methoxy groups -OCH3 is 1. The van der Waals surface area contributed by atoms with Gasteiger partial charge in [0.25, 0.3) is 0 Å². The van der Waals surface area contributed by atoms with Gasteiger partial charge in [0.05, 0.1) is 23.9 Å². The van der Waals surface area contributed by atoms with Crippen molar-refractivity contribution in [3.63, 3.8) is 0 Å². The van der Waals surface area contributed by atoms with E-state index in [4.69, 9.17) is 10.00 Å². The molecule has 2 rings (SSSR count). The van der Waals surface area contributed by atoms with E-state index in [0.29, 0.717) is 17.0 Å². The summed E-state index contributed by atoms with van der Waals surface area (Å²) >= 11 is 0. The van der Waals surface area contributed by atoms with Gasteiger partial charge in [-0.2, -0.15) is 18.4 Å². The Labute approximate surface area is 119 Å². The molecule has 0 heterocycles. The van der Waals surface area contributed by atoms with Gasteiger partial charge in [-0.1, -0.05) is 6.07 Å². The minimum Gasteiger partial charge on any atom is -0.497 e. The zero-order valence-electron chi connectivity index (χ0n) is 11.0. The minimum absolute atomic E-state index is 0.245. The molecule has 0 aliphatic rings. The maximum atomic E-state index is 12.7. The summed E-state index contributed by atoms with van der Waals surface area (Å²) in [6.45, 7) is 0. The van der Waals surface area contributed by atoms with Crippen molar-refractivity contribution in [1.29, 1.82) is 5.26 Å². The van der Waals surface area contributed by atoms with E-state index in [9.17, 15) is 13.2 Å². The van der Waals surface area contributed by atoms with Crippen molar-refractivity contribution in [2.75, 3.05) is 12.4 Å². The molecule has 0 aliphatic carbocycles. The molecule has 0 atom stereocenters. The zero-order valence-corrected chi connectivity index (χ0v) is 11.0. The van der Waals surface area contributed by atoms with Gasteiger partial charge in [-0.15, -0.1) is 0 Å². The summed E-state index contributed by atoms with van der Waals surface area (Å²) in [4.78, 5) is 0. The Bertz CT molecular complexity index is 690. The maximum absolute atomic E-state index is 12.7. The van der Waals surface area contributed by atoms with Crippen LogP contribution in [0.15, 0.2) is 42.5 Å². The fourth-order valence-corrected chi connectivity index (χ4v) is 1.78. The predicted octanol–water partition coefficient (Wildman–Crippen LogP) is 4.33. The number of rotatable bonds is 3. The van der Waals surface area contributed by atoms with Gasteiger partial charge in [0, 0.05) is 11.8 Å². The van der Waals surface area contributed by atoms with Crippen LogP contribution < -0.4 is 10.1 Å². The van der Waals surface area contributed by atoms with E-state index in [-0.39, 0.29) is 5.69 Å². The Morgan fingerprint density at radius 3 is 2.52 bits per heavy atom. The van der Waals surface area contributed by atoms with Crippen LogP contribution in [-0.4, -0.2) is 7.11 Å². The van der Waals surface area contributed by atoms with Crippen LogP contribution in [0.3, 0.4) is 0 Å². The number of alkyl halides is 3. The van der Waals surface area contributed by atoms with Crippen molar-refractivity contribution >= 4 is 11.4 Å². The number of halogens is 3. The molecule has 2 aromatic carbocycles. The second kappa shape index (κ2) is 5.75. The van der Waals surface area contributed by atoms with Crippen LogP contribution in [-0.2, 0) is 6.18 Å². The number of hydrogen-bond donors (Lipinski definition) is 1. The molecule has 21 heavy (non-hydrogen) atoms. The molecule has 1 N–H and O–H groups in total. The number of benzene rings is 2. The first-order chi connectivity index (χ1) is 9.94. The van der Waals surface area contributed by atoms with Crippen LogP contribution in [0, 0.1) is 11.3 Å². The van der Waals surface area contributed by atoms with Gasteiger partial charge in [0.2, 0.25) is 0 Å². The number of nitrogens with one attached hydrogen (secondary N) is 1. The van der Waals surface area contributed by atoms with Crippen LogP contribution >= 0.6 is 0 Å². The minimum atomic E-state index is -4.41. The van der Waals surface area contributed by atoms with E-state index in [1.165, 1.54) is 25.3 Å². The molecule has 0 saturated carbocycles. The molecular formula is C15H11F3N2O. The van der Waals surface area contributed by atoms with Gasteiger partial charge in [0.15, 0.2) is 0 Å². The van der Waals surface area contributed by atoms with E-state index in [2.05, 4.69) is 5.32 Å². The van der Waals surface area contributed by atoms with Gasteiger partial charge in [-0.25, -0.2) is 0 Å². The predicted molar refractivity (Wildman–Crippen MR) is 72.4 cm³/mol. The third-order valence-electron chi connectivity index (χ3n) is 2.82. The first-order valence-corrected chi connectivity index (χ1v) is 5.96. The molecule has 0 unspecified atom stereocenters. The Balaban J connectivity index is 2.36. The number of ether oxygens (including phenoxy) is 1. The van der Waals surface area contributed by atoms with Crippen molar-refractivity contribution in [2.45, 2.75) is 6.18 Å². The number of nitrogens with zero attached hydrogens (tertiary/aromatic N) is 1. The highest BCUT2D eigenvalue weighted by molar-refractivity contribution is 5.68. The standard InChI is InChI=1S/C15H11F3N2O/c1-21-13-6-5-10(9-19)14(8-13)20-12-4-2-3-11(7-12)15(16,17)18/h2-8,20H,1H3. The van der Waals surface area contributed by atoms with E-state index in [0.717, 1.165) is 12.1 Å². The summed E-state index contributed by atoms with van der Waals surface area (Å²) in [5.41, 5.74) is 0.188. The largest absolute Gasteiger partial charge is 0.497 e. The maximum Gasteiger partial charge on any atom is 0.416 e. The molecule has 6 heteroatoms. The van der Waals surface area contributed by atoms with Crippen molar-refractivity contribution in [3.8, 4) is 11.8 Å². The molecule has 0 spiro atoms. The second-order valence-electron chi connectivity index (χ2n) is 4.23. The lowest BCUT2D eigenvalue weighted by molar-refractivity contribution is -0.137. The number of hydrogen-bond acceptors (Lipinski definition) is 3. The first kappa shape index (κ1) is 14.7. The van der Waals surface area contributed by atoms with Gasteiger partial charge >= 0.3 is 6.18 Å². The average molecular weight is 292 g/mol. The normalized spacial score (nSPS) is 10.8. The van der Waals surface area contributed by atoms with Gasteiger partial charge < -0.3 is 10.1 Å². The van der Waals surface area contributed by atoms with Crippen molar-refractivity contribution in [2.24, 2.45) is 0 Å². The molecule has 3 nitrogen and oxygen atoms in total. The van der Waals surface area contributed by atoms with E-state index in [1.807, 2.05) is 6.07 Å². The van der Waals surface area contributed by atoms with E-state index >= 15 is 0 Å². The Kier molecular flexibility index (Phi) is 4.03. The fourth-order valence-electron chi connectivity index (χ4n) is 1.78. The lowest BCUT2D eigenvalue weighted by atomic mass is 10.1. The highest BCUT2D eigenvalue weighted by atomic mass is 19.4. The van der Waals surface area contributed by atoms with E-state index in [1.54, 1.807) is 12.1 Å². The quantitative estimate of drug-likeness (QED) is 0.915. The van der Waals surface area contributed by atoms with Crippen LogP contribution in [0.25, 0.3) is 0 Å². The van der Waals surface area contributed by atoms with Gasteiger partial charge in [0.1, 0.15) is 11.8 Å². The summed E-state index contributed by atoms with van der Waals surface area (Å²) in [5, 5.41) is 11.8. The Morgan fingerprint density at radius 1 is 1.14 bits per heavy atom.